The van der Waals surface area contributed by atoms with Crippen molar-refractivity contribution in [3.8, 4) is 11.5 Å². The highest BCUT2D eigenvalue weighted by molar-refractivity contribution is 6.17. The molecule has 0 heterocycles. The van der Waals surface area contributed by atoms with Gasteiger partial charge in [-0.1, -0.05) is 30.3 Å². The zero-order valence-electron chi connectivity index (χ0n) is 11.2. The summed E-state index contributed by atoms with van der Waals surface area (Å²) in [6.45, 7) is 2.51. The Morgan fingerprint density at radius 1 is 1.00 bits per heavy atom. The SMILES string of the molecule is COc1cc(C)ccc1OCc1ccccc1CCl. The molecule has 0 amide bonds. The lowest BCUT2D eigenvalue weighted by Crippen LogP contribution is -2.00. The van der Waals surface area contributed by atoms with E-state index >= 15 is 0 Å². The number of benzene rings is 2. The molecule has 2 rings (SSSR count). The smallest absolute Gasteiger partial charge is 0.161 e. The zero-order chi connectivity index (χ0) is 13.7. The summed E-state index contributed by atoms with van der Waals surface area (Å²) in [6.07, 6.45) is 0. The molecule has 0 spiro atoms. The molecule has 0 aromatic heterocycles. The predicted molar refractivity (Wildman–Crippen MR) is 78.1 cm³/mol. The molecule has 0 aliphatic carbocycles. The quantitative estimate of drug-likeness (QED) is 0.757. The second-order valence-corrected chi connectivity index (χ2v) is 4.61. The van der Waals surface area contributed by atoms with E-state index in [-0.39, 0.29) is 0 Å². The van der Waals surface area contributed by atoms with Gasteiger partial charge in [-0.15, -0.1) is 11.6 Å². The fraction of sp³-hybridized carbons (Fsp3) is 0.250. The van der Waals surface area contributed by atoms with E-state index < -0.39 is 0 Å². The topological polar surface area (TPSA) is 18.5 Å². The van der Waals surface area contributed by atoms with Crippen LogP contribution >= 0.6 is 11.6 Å². The number of alkyl halides is 1. The molecule has 0 unspecified atom stereocenters. The maximum Gasteiger partial charge on any atom is 0.161 e. The second-order valence-electron chi connectivity index (χ2n) is 4.35. The van der Waals surface area contributed by atoms with E-state index in [2.05, 4.69) is 0 Å². The van der Waals surface area contributed by atoms with Crippen LogP contribution in [0.3, 0.4) is 0 Å². The Morgan fingerprint density at radius 3 is 2.42 bits per heavy atom. The highest BCUT2D eigenvalue weighted by atomic mass is 35.5. The van der Waals surface area contributed by atoms with Gasteiger partial charge in [0.25, 0.3) is 0 Å². The summed E-state index contributed by atoms with van der Waals surface area (Å²) < 4.78 is 11.1. The van der Waals surface area contributed by atoms with E-state index in [9.17, 15) is 0 Å². The minimum atomic E-state index is 0.488. The van der Waals surface area contributed by atoms with Crippen LogP contribution in [0.25, 0.3) is 0 Å². The van der Waals surface area contributed by atoms with Gasteiger partial charge in [-0.2, -0.15) is 0 Å². The first-order valence-electron chi connectivity index (χ1n) is 6.14. The average molecular weight is 277 g/mol. The Labute approximate surface area is 118 Å². The van der Waals surface area contributed by atoms with E-state index in [0.29, 0.717) is 12.5 Å². The summed E-state index contributed by atoms with van der Waals surface area (Å²) in [7, 11) is 1.65. The minimum absolute atomic E-state index is 0.488. The van der Waals surface area contributed by atoms with Crippen LogP contribution < -0.4 is 9.47 Å². The van der Waals surface area contributed by atoms with Gasteiger partial charge >= 0.3 is 0 Å². The van der Waals surface area contributed by atoms with Gasteiger partial charge in [0.1, 0.15) is 6.61 Å². The predicted octanol–water partition coefficient (Wildman–Crippen LogP) is 4.32. The highest BCUT2D eigenvalue weighted by Gasteiger charge is 2.06. The van der Waals surface area contributed by atoms with Crippen molar-refractivity contribution in [1.82, 2.24) is 0 Å². The molecule has 19 heavy (non-hydrogen) atoms. The molecule has 0 N–H and O–H groups in total. The molecule has 0 fully saturated rings. The van der Waals surface area contributed by atoms with Crippen molar-refractivity contribution in [3.05, 3.63) is 59.2 Å². The van der Waals surface area contributed by atoms with Gasteiger partial charge < -0.3 is 9.47 Å². The van der Waals surface area contributed by atoms with Crippen LogP contribution in [0.1, 0.15) is 16.7 Å². The van der Waals surface area contributed by atoms with Crippen LogP contribution in [0.15, 0.2) is 42.5 Å². The average Bonchev–Trinajstić information content (AvgIpc) is 2.46. The number of hydrogen-bond acceptors (Lipinski definition) is 2. The zero-order valence-corrected chi connectivity index (χ0v) is 11.9. The lowest BCUT2D eigenvalue weighted by Gasteiger charge is -2.12. The largest absolute Gasteiger partial charge is 0.493 e. The van der Waals surface area contributed by atoms with Gasteiger partial charge in [-0.05, 0) is 35.7 Å². The molecule has 0 aliphatic rings. The molecule has 0 saturated heterocycles. The summed E-state index contributed by atoms with van der Waals surface area (Å²) >= 11 is 5.91. The van der Waals surface area contributed by atoms with Gasteiger partial charge in [0.2, 0.25) is 0 Å². The Balaban J connectivity index is 2.14. The lowest BCUT2D eigenvalue weighted by atomic mass is 10.1. The third-order valence-corrected chi connectivity index (χ3v) is 3.25. The van der Waals surface area contributed by atoms with Crippen molar-refractivity contribution in [2.45, 2.75) is 19.4 Å². The summed E-state index contributed by atoms with van der Waals surface area (Å²) in [6, 6.07) is 13.9. The van der Waals surface area contributed by atoms with Crippen molar-refractivity contribution in [3.63, 3.8) is 0 Å². The monoisotopic (exact) mass is 276 g/mol. The Morgan fingerprint density at radius 2 is 1.74 bits per heavy atom. The molecular weight excluding hydrogens is 260 g/mol. The standard InChI is InChI=1S/C16H17ClO2/c1-12-7-8-15(16(9-12)18-2)19-11-14-6-4-3-5-13(14)10-17/h3-9H,10-11H2,1-2H3. The van der Waals surface area contributed by atoms with E-state index in [1.807, 2.05) is 49.4 Å². The molecule has 100 valence electrons. The van der Waals surface area contributed by atoms with Crippen LogP contribution in [0.4, 0.5) is 0 Å². The summed E-state index contributed by atoms with van der Waals surface area (Å²) in [5.74, 6) is 1.99. The molecule has 0 saturated carbocycles. The van der Waals surface area contributed by atoms with Crippen LogP contribution in [0.5, 0.6) is 11.5 Å². The van der Waals surface area contributed by atoms with Crippen LogP contribution in [-0.4, -0.2) is 7.11 Å². The second kappa shape index (κ2) is 6.48. The summed E-state index contributed by atoms with van der Waals surface area (Å²) in [4.78, 5) is 0. The van der Waals surface area contributed by atoms with Gasteiger partial charge in [0.05, 0.1) is 7.11 Å². The van der Waals surface area contributed by atoms with Gasteiger partial charge in [-0.25, -0.2) is 0 Å². The molecule has 0 atom stereocenters. The first-order valence-corrected chi connectivity index (χ1v) is 6.68. The van der Waals surface area contributed by atoms with Crippen LogP contribution in [0.2, 0.25) is 0 Å². The number of methoxy groups -OCH3 is 1. The van der Waals surface area contributed by atoms with E-state index in [1.54, 1.807) is 7.11 Å². The first-order chi connectivity index (χ1) is 9.24. The maximum atomic E-state index is 5.91. The Hall–Kier alpha value is -1.67. The fourth-order valence-corrected chi connectivity index (χ4v) is 2.14. The van der Waals surface area contributed by atoms with Gasteiger partial charge in [-0.3, -0.25) is 0 Å². The number of rotatable bonds is 5. The minimum Gasteiger partial charge on any atom is -0.493 e. The molecule has 2 nitrogen and oxygen atoms in total. The van der Waals surface area contributed by atoms with Crippen molar-refractivity contribution in [2.75, 3.05) is 7.11 Å². The number of aryl methyl sites for hydroxylation is 1. The van der Waals surface area contributed by atoms with Gasteiger partial charge in [0, 0.05) is 5.88 Å². The molecule has 0 radical (unpaired) electrons. The highest BCUT2D eigenvalue weighted by Crippen LogP contribution is 2.28. The molecular formula is C16H17ClO2. The Kier molecular flexibility index (Phi) is 4.69. The summed E-state index contributed by atoms with van der Waals surface area (Å²) in [5.41, 5.74) is 3.33. The number of halogens is 1. The van der Waals surface area contributed by atoms with Crippen molar-refractivity contribution in [2.24, 2.45) is 0 Å². The normalized spacial score (nSPS) is 10.3. The number of hydrogen-bond donors (Lipinski definition) is 0. The molecule has 2 aromatic rings. The van der Waals surface area contributed by atoms with Crippen molar-refractivity contribution < 1.29 is 9.47 Å². The van der Waals surface area contributed by atoms with E-state index in [1.165, 1.54) is 0 Å². The Bertz CT molecular complexity index is 552. The molecule has 3 heteroatoms. The van der Waals surface area contributed by atoms with Gasteiger partial charge in [0.15, 0.2) is 11.5 Å². The molecule has 0 aliphatic heterocycles. The van der Waals surface area contributed by atoms with Crippen LogP contribution in [-0.2, 0) is 12.5 Å². The first kappa shape index (κ1) is 13.8. The lowest BCUT2D eigenvalue weighted by molar-refractivity contribution is 0.283. The van der Waals surface area contributed by atoms with Crippen molar-refractivity contribution >= 4 is 11.6 Å². The van der Waals surface area contributed by atoms with Crippen LogP contribution in [0, 0.1) is 6.92 Å². The molecule has 0 bridgehead atoms. The third-order valence-electron chi connectivity index (χ3n) is 2.96. The van der Waals surface area contributed by atoms with Crippen molar-refractivity contribution in [1.29, 1.82) is 0 Å². The van der Waals surface area contributed by atoms with E-state index in [4.69, 9.17) is 21.1 Å². The van der Waals surface area contributed by atoms with E-state index in [0.717, 1.165) is 28.2 Å². The molecule has 2 aromatic carbocycles. The number of ether oxygens (including phenoxy) is 2. The fourth-order valence-electron chi connectivity index (χ4n) is 1.88. The summed E-state index contributed by atoms with van der Waals surface area (Å²) in [5, 5.41) is 0. The maximum absolute atomic E-state index is 5.91. The third kappa shape index (κ3) is 3.42.